The van der Waals surface area contributed by atoms with Gasteiger partial charge in [-0.1, -0.05) is 48.0 Å². The molecular weight excluding hydrogens is 276 g/mol. The fraction of sp³-hybridized carbons (Fsp3) is 0.105. The second-order valence-electron chi connectivity index (χ2n) is 5.32. The highest BCUT2D eigenvalue weighted by molar-refractivity contribution is 5.77. The van der Waals surface area contributed by atoms with Gasteiger partial charge in [0.1, 0.15) is 11.3 Å². The van der Waals surface area contributed by atoms with Crippen molar-refractivity contribution < 1.29 is 9.15 Å². The van der Waals surface area contributed by atoms with Gasteiger partial charge in [0.25, 0.3) is 5.95 Å². The molecule has 0 aliphatic heterocycles. The molecule has 1 aromatic heterocycles. The molecule has 1 heterocycles. The van der Waals surface area contributed by atoms with E-state index in [1.54, 1.807) is 12.1 Å². The van der Waals surface area contributed by atoms with Gasteiger partial charge in [-0.05, 0) is 26.0 Å². The van der Waals surface area contributed by atoms with Crippen molar-refractivity contribution in [1.82, 2.24) is 0 Å². The molecule has 0 spiro atoms. The van der Waals surface area contributed by atoms with Gasteiger partial charge in [0, 0.05) is 5.56 Å². The molecule has 3 aromatic rings. The lowest BCUT2D eigenvalue weighted by Crippen LogP contribution is -2.02. The van der Waals surface area contributed by atoms with E-state index in [2.05, 4.69) is 6.58 Å². The third-order valence-corrected chi connectivity index (χ3v) is 3.46. The zero-order chi connectivity index (χ0) is 15.7. The average molecular weight is 292 g/mol. The number of benzene rings is 2. The van der Waals surface area contributed by atoms with E-state index < -0.39 is 0 Å². The van der Waals surface area contributed by atoms with E-state index >= 15 is 0 Å². The van der Waals surface area contributed by atoms with Crippen molar-refractivity contribution in [2.45, 2.75) is 13.8 Å². The Morgan fingerprint density at radius 2 is 1.68 bits per heavy atom. The Morgan fingerprint density at radius 1 is 1.00 bits per heavy atom. The molecule has 0 radical (unpaired) electrons. The summed E-state index contributed by atoms with van der Waals surface area (Å²) in [6.45, 7) is 7.83. The molecule has 0 fully saturated rings. The van der Waals surface area contributed by atoms with E-state index in [-0.39, 0.29) is 11.4 Å². The topological polar surface area (TPSA) is 39.4 Å². The van der Waals surface area contributed by atoms with E-state index in [4.69, 9.17) is 9.15 Å². The standard InChI is InChI=1S/C19H16O3/c1-12-4-7-15(8-5-12)14(3)21-19-11-17(20)16-10-13(2)6-9-18(16)22-19/h4-11H,3H2,1-2H3. The number of fused-ring (bicyclic) bond motifs is 1. The molecule has 0 saturated heterocycles. The molecule has 0 amide bonds. The molecule has 0 atom stereocenters. The van der Waals surface area contributed by atoms with Gasteiger partial charge in [-0.25, -0.2) is 0 Å². The van der Waals surface area contributed by atoms with Crippen LogP contribution in [0, 0.1) is 13.8 Å². The third kappa shape index (κ3) is 2.79. The summed E-state index contributed by atoms with van der Waals surface area (Å²) < 4.78 is 11.2. The number of aryl methyl sites for hydroxylation is 2. The first-order valence-electron chi connectivity index (χ1n) is 7.01. The van der Waals surface area contributed by atoms with Crippen LogP contribution in [0.1, 0.15) is 16.7 Å². The van der Waals surface area contributed by atoms with E-state index in [1.165, 1.54) is 6.07 Å². The van der Waals surface area contributed by atoms with Crippen molar-refractivity contribution in [3.63, 3.8) is 0 Å². The number of ether oxygens (including phenoxy) is 1. The summed E-state index contributed by atoms with van der Waals surface area (Å²) in [7, 11) is 0. The predicted octanol–water partition coefficient (Wildman–Crippen LogP) is 4.46. The highest BCUT2D eigenvalue weighted by Gasteiger charge is 2.08. The fourth-order valence-corrected chi connectivity index (χ4v) is 2.22. The SMILES string of the molecule is C=C(Oc1cc(=O)c2cc(C)ccc2o1)c1ccc(C)cc1. The van der Waals surface area contributed by atoms with Crippen LogP contribution >= 0.6 is 0 Å². The monoisotopic (exact) mass is 292 g/mol. The molecular formula is C19H16O3. The van der Waals surface area contributed by atoms with Crippen molar-refractivity contribution in [2.75, 3.05) is 0 Å². The highest BCUT2D eigenvalue weighted by atomic mass is 16.6. The lowest BCUT2D eigenvalue weighted by Gasteiger charge is -2.08. The van der Waals surface area contributed by atoms with Gasteiger partial charge in [0.05, 0.1) is 11.5 Å². The van der Waals surface area contributed by atoms with Crippen molar-refractivity contribution >= 4 is 16.7 Å². The fourth-order valence-electron chi connectivity index (χ4n) is 2.22. The summed E-state index contributed by atoms with van der Waals surface area (Å²) in [6.07, 6.45) is 0. The van der Waals surface area contributed by atoms with Crippen LogP contribution in [0.15, 0.2) is 64.3 Å². The number of hydrogen-bond donors (Lipinski definition) is 0. The Labute approximate surface area is 128 Å². The Balaban J connectivity index is 1.94. The maximum Gasteiger partial charge on any atom is 0.294 e. The van der Waals surface area contributed by atoms with Crippen LogP contribution in [0.5, 0.6) is 5.95 Å². The minimum Gasteiger partial charge on any atom is -0.426 e. The summed E-state index contributed by atoms with van der Waals surface area (Å²) in [5, 5.41) is 0.549. The van der Waals surface area contributed by atoms with Crippen LogP contribution in [0.4, 0.5) is 0 Å². The van der Waals surface area contributed by atoms with Crippen LogP contribution in [0.25, 0.3) is 16.7 Å². The Morgan fingerprint density at radius 3 is 2.41 bits per heavy atom. The molecule has 0 N–H and O–H groups in total. The maximum absolute atomic E-state index is 12.1. The zero-order valence-corrected chi connectivity index (χ0v) is 12.6. The molecule has 3 nitrogen and oxygen atoms in total. The molecule has 3 rings (SSSR count). The zero-order valence-electron chi connectivity index (χ0n) is 12.6. The highest BCUT2D eigenvalue weighted by Crippen LogP contribution is 2.23. The molecule has 0 aliphatic rings. The molecule has 2 aromatic carbocycles. The van der Waals surface area contributed by atoms with Gasteiger partial charge in [0.15, 0.2) is 5.43 Å². The van der Waals surface area contributed by atoms with Gasteiger partial charge in [-0.2, -0.15) is 0 Å². The smallest absolute Gasteiger partial charge is 0.294 e. The third-order valence-electron chi connectivity index (χ3n) is 3.46. The Hall–Kier alpha value is -2.81. The summed E-state index contributed by atoms with van der Waals surface area (Å²) in [5.41, 5.74) is 3.39. The minimum atomic E-state index is -0.128. The molecule has 110 valence electrons. The molecule has 0 bridgehead atoms. The van der Waals surface area contributed by atoms with Crippen molar-refractivity contribution in [3.8, 4) is 5.95 Å². The van der Waals surface area contributed by atoms with Crippen LogP contribution in [0.3, 0.4) is 0 Å². The van der Waals surface area contributed by atoms with E-state index in [9.17, 15) is 4.79 Å². The summed E-state index contributed by atoms with van der Waals surface area (Å²) in [6, 6.07) is 14.6. The van der Waals surface area contributed by atoms with E-state index in [1.807, 2.05) is 44.2 Å². The van der Waals surface area contributed by atoms with Gasteiger partial charge in [0.2, 0.25) is 0 Å². The molecule has 0 unspecified atom stereocenters. The normalized spacial score (nSPS) is 10.6. The van der Waals surface area contributed by atoms with Gasteiger partial charge < -0.3 is 9.15 Å². The lowest BCUT2D eigenvalue weighted by atomic mass is 10.1. The summed E-state index contributed by atoms with van der Waals surface area (Å²) in [4.78, 5) is 12.1. The summed E-state index contributed by atoms with van der Waals surface area (Å²) in [5.74, 6) is 0.585. The average Bonchev–Trinajstić information content (AvgIpc) is 2.49. The van der Waals surface area contributed by atoms with Crippen molar-refractivity contribution in [3.05, 3.63) is 82.0 Å². The molecule has 3 heteroatoms. The van der Waals surface area contributed by atoms with E-state index in [0.717, 1.165) is 16.7 Å². The maximum atomic E-state index is 12.1. The first kappa shape index (κ1) is 14.1. The quantitative estimate of drug-likeness (QED) is 0.669. The van der Waals surface area contributed by atoms with Crippen LogP contribution < -0.4 is 10.2 Å². The number of rotatable bonds is 3. The lowest BCUT2D eigenvalue weighted by molar-refractivity contribution is 0.373. The van der Waals surface area contributed by atoms with E-state index in [0.29, 0.717) is 16.7 Å². The minimum absolute atomic E-state index is 0.128. The second kappa shape index (κ2) is 5.53. The summed E-state index contributed by atoms with van der Waals surface area (Å²) >= 11 is 0. The first-order valence-corrected chi connectivity index (χ1v) is 7.01. The second-order valence-corrected chi connectivity index (χ2v) is 5.32. The first-order chi connectivity index (χ1) is 10.5. The van der Waals surface area contributed by atoms with Crippen LogP contribution in [-0.2, 0) is 0 Å². The van der Waals surface area contributed by atoms with Gasteiger partial charge in [-0.15, -0.1) is 0 Å². The molecule has 0 saturated carbocycles. The molecule has 0 aliphatic carbocycles. The Bertz CT molecular complexity index is 902. The predicted molar refractivity (Wildman–Crippen MR) is 88.1 cm³/mol. The largest absolute Gasteiger partial charge is 0.426 e. The van der Waals surface area contributed by atoms with Crippen LogP contribution in [-0.4, -0.2) is 0 Å². The Kier molecular flexibility index (Phi) is 3.55. The van der Waals surface area contributed by atoms with Gasteiger partial charge in [-0.3, -0.25) is 4.79 Å². The van der Waals surface area contributed by atoms with Crippen LogP contribution in [0.2, 0.25) is 0 Å². The van der Waals surface area contributed by atoms with Gasteiger partial charge >= 0.3 is 0 Å². The van der Waals surface area contributed by atoms with Crippen molar-refractivity contribution in [1.29, 1.82) is 0 Å². The van der Waals surface area contributed by atoms with Crippen molar-refractivity contribution in [2.24, 2.45) is 0 Å². The molecule has 22 heavy (non-hydrogen) atoms. The number of hydrogen-bond acceptors (Lipinski definition) is 3.